The van der Waals surface area contributed by atoms with Crippen molar-refractivity contribution < 1.29 is 10.2 Å². The first-order valence-electron chi connectivity index (χ1n) is 13.3. The highest BCUT2D eigenvalue weighted by molar-refractivity contribution is 4.80. The van der Waals surface area contributed by atoms with Gasteiger partial charge in [0.1, 0.15) is 0 Å². The SMILES string of the molecule is CC(C)CCCC(C)CCCC(C)(O)CCC(C)(O)CCCC(C)CCCC(C)C. The minimum absolute atomic E-state index is 0.647. The fourth-order valence-electron chi connectivity index (χ4n) is 4.49. The molecule has 4 unspecified atom stereocenters. The van der Waals surface area contributed by atoms with Crippen molar-refractivity contribution in [3.05, 3.63) is 0 Å². The minimum atomic E-state index is -0.647. The van der Waals surface area contributed by atoms with Gasteiger partial charge in [-0.3, -0.25) is 0 Å². The molecule has 0 saturated carbocycles. The van der Waals surface area contributed by atoms with E-state index in [1.165, 1.54) is 51.4 Å². The normalized spacial score (nSPS) is 18.4. The number of hydrogen-bond acceptors (Lipinski definition) is 2. The molecule has 0 aliphatic rings. The topological polar surface area (TPSA) is 40.5 Å². The molecular weight excluding hydrogens is 368 g/mol. The molecule has 0 aliphatic heterocycles. The lowest BCUT2D eigenvalue weighted by Crippen LogP contribution is -2.31. The summed E-state index contributed by atoms with van der Waals surface area (Å²) in [5, 5.41) is 21.6. The minimum Gasteiger partial charge on any atom is -0.390 e. The lowest BCUT2D eigenvalue weighted by Gasteiger charge is -2.30. The second-order valence-corrected chi connectivity index (χ2v) is 12.1. The van der Waals surface area contributed by atoms with Crippen LogP contribution in [0.4, 0.5) is 0 Å². The molecule has 0 rings (SSSR count). The van der Waals surface area contributed by atoms with Crippen molar-refractivity contribution in [3.8, 4) is 0 Å². The molecule has 0 spiro atoms. The molecular formula is C28H58O2. The van der Waals surface area contributed by atoms with Gasteiger partial charge < -0.3 is 10.2 Å². The fraction of sp³-hybridized carbons (Fsp3) is 1.00. The smallest absolute Gasteiger partial charge is 0.0620 e. The average molecular weight is 427 g/mol. The third kappa shape index (κ3) is 18.7. The summed E-state index contributed by atoms with van der Waals surface area (Å²) in [4.78, 5) is 0. The highest BCUT2D eigenvalue weighted by Crippen LogP contribution is 2.29. The summed E-state index contributed by atoms with van der Waals surface area (Å²) in [5.41, 5.74) is -1.29. The summed E-state index contributed by atoms with van der Waals surface area (Å²) >= 11 is 0. The highest BCUT2D eigenvalue weighted by atomic mass is 16.3. The van der Waals surface area contributed by atoms with E-state index in [2.05, 4.69) is 41.5 Å². The van der Waals surface area contributed by atoms with E-state index in [1.807, 2.05) is 13.8 Å². The van der Waals surface area contributed by atoms with Crippen molar-refractivity contribution in [1.29, 1.82) is 0 Å². The maximum Gasteiger partial charge on any atom is 0.0620 e. The Labute approximate surface area is 190 Å². The zero-order valence-electron chi connectivity index (χ0n) is 22.1. The van der Waals surface area contributed by atoms with Crippen molar-refractivity contribution >= 4 is 0 Å². The van der Waals surface area contributed by atoms with Gasteiger partial charge in [0, 0.05) is 0 Å². The molecule has 0 aromatic rings. The summed E-state index contributed by atoms with van der Waals surface area (Å²) in [6, 6.07) is 0. The fourth-order valence-corrected chi connectivity index (χ4v) is 4.49. The van der Waals surface area contributed by atoms with Gasteiger partial charge >= 0.3 is 0 Å². The molecule has 0 saturated heterocycles. The van der Waals surface area contributed by atoms with Gasteiger partial charge in [0.2, 0.25) is 0 Å². The van der Waals surface area contributed by atoms with Gasteiger partial charge in [-0.2, -0.15) is 0 Å². The number of rotatable bonds is 19. The van der Waals surface area contributed by atoms with Gasteiger partial charge in [-0.15, -0.1) is 0 Å². The van der Waals surface area contributed by atoms with Crippen LogP contribution in [-0.2, 0) is 0 Å². The summed E-state index contributed by atoms with van der Waals surface area (Å²) in [5.74, 6) is 3.12. The van der Waals surface area contributed by atoms with Crippen molar-refractivity contribution in [2.75, 3.05) is 0 Å². The molecule has 0 aromatic heterocycles. The summed E-state index contributed by atoms with van der Waals surface area (Å²) in [6.45, 7) is 17.8. The van der Waals surface area contributed by atoms with Crippen LogP contribution in [0.1, 0.15) is 145 Å². The summed E-state index contributed by atoms with van der Waals surface area (Å²) in [6.07, 6.45) is 15.6. The zero-order valence-corrected chi connectivity index (χ0v) is 22.1. The van der Waals surface area contributed by atoms with Crippen LogP contribution in [0, 0.1) is 23.7 Å². The molecule has 0 heterocycles. The molecule has 2 heteroatoms. The third-order valence-electron chi connectivity index (χ3n) is 6.98. The van der Waals surface area contributed by atoms with E-state index in [1.54, 1.807) is 0 Å². The lowest BCUT2D eigenvalue weighted by molar-refractivity contribution is -0.0137. The van der Waals surface area contributed by atoms with E-state index in [-0.39, 0.29) is 0 Å². The van der Waals surface area contributed by atoms with E-state index in [9.17, 15) is 10.2 Å². The van der Waals surface area contributed by atoms with E-state index >= 15 is 0 Å². The molecule has 0 aromatic carbocycles. The first-order valence-corrected chi connectivity index (χ1v) is 13.3. The van der Waals surface area contributed by atoms with E-state index in [4.69, 9.17) is 0 Å². The van der Waals surface area contributed by atoms with Gasteiger partial charge in [0.05, 0.1) is 11.2 Å². The first kappa shape index (κ1) is 29.9. The third-order valence-corrected chi connectivity index (χ3v) is 6.98. The monoisotopic (exact) mass is 426 g/mol. The average Bonchev–Trinajstić information content (AvgIpc) is 2.59. The Bertz CT molecular complexity index is 359. The van der Waals surface area contributed by atoms with Crippen molar-refractivity contribution in [3.63, 3.8) is 0 Å². The van der Waals surface area contributed by atoms with Gasteiger partial charge in [-0.25, -0.2) is 0 Å². The zero-order chi connectivity index (χ0) is 23.2. The summed E-state index contributed by atoms with van der Waals surface area (Å²) < 4.78 is 0. The Morgan fingerprint density at radius 1 is 0.467 bits per heavy atom. The van der Waals surface area contributed by atoms with Crippen LogP contribution >= 0.6 is 0 Å². The van der Waals surface area contributed by atoms with Crippen molar-refractivity contribution in [2.24, 2.45) is 23.7 Å². The molecule has 0 aliphatic carbocycles. The molecule has 0 radical (unpaired) electrons. The molecule has 4 atom stereocenters. The lowest BCUT2D eigenvalue weighted by atomic mass is 9.84. The number of hydrogen-bond donors (Lipinski definition) is 2. The molecule has 0 fully saturated rings. The molecule has 182 valence electrons. The molecule has 0 amide bonds. The second-order valence-electron chi connectivity index (χ2n) is 12.1. The van der Waals surface area contributed by atoms with E-state index in [0.717, 1.165) is 49.4 Å². The standard InChI is InChI=1S/C28H58O2/c1-23(2)13-9-15-25(5)17-11-19-27(7,29)21-22-28(8,30)20-12-18-26(6)16-10-14-24(3)4/h23-26,29-30H,9-22H2,1-8H3. The molecule has 0 bridgehead atoms. The van der Waals surface area contributed by atoms with Crippen LogP contribution in [0.3, 0.4) is 0 Å². The van der Waals surface area contributed by atoms with Crippen molar-refractivity contribution in [2.45, 2.75) is 156 Å². The summed E-state index contributed by atoms with van der Waals surface area (Å²) in [7, 11) is 0. The maximum absolute atomic E-state index is 10.8. The van der Waals surface area contributed by atoms with Crippen LogP contribution in [0.25, 0.3) is 0 Å². The predicted octanol–water partition coefficient (Wildman–Crippen LogP) is 8.53. The number of aliphatic hydroxyl groups is 2. The Morgan fingerprint density at radius 2 is 0.767 bits per heavy atom. The molecule has 2 nitrogen and oxygen atoms in total. The van der Waals surface area contributed by atoms with Gasteiger partial charge in [-0.05, 0) is 63.2 Å². The van der Waals surface area contributed by atoms with E-state index < -0.39 is 11.2 Å². The largest absolute Gasteiger partial charge is 0.390 e. The predicted molar refractivity (Wildman–Crippen MR) is 134 cm³/mol. The second kappa shape index (κ2) is 15.7. The van der Waals surface area contributed by atoms with Gasteiger partial charge in [-0.1, -0.05) is 106 Å². The van der Waals surface area contributed by atoms with Crippen LogP contribution in [0.15, 0.2) is 0 Å². The van der Waals surface area contributed by atoms with Crippen LogP contribution < -0.4 is 0 Å². The Hall–Kier alpha value is -0.0800. The maximum atomic E-state index is 10.8. The van der Waals surface area contributed by atoms with Crippen molar-refractivity contribution in [1.82, 2.24) is 0 Å². The van der Waals surface area contributed by atoms with Crippen LogP contribution in [0.5, 0.6) is 0 Å². The highest BCUT2D eigenvalue weighted by Gasteiger charge is 2.27. The molecule has 2 N–H and O–H groups in total. The Kier molecular flexibility index (Phi) is 15.6. The quantitative estimate of drug-likeness (QED) is 0.217. The Morgan fingerprint density at radius 3 is 1.07 bits per heavy atom. The first-order chi connectivity index (χ1) is 13.8. The van der Waals surface area contributed by atoms with Crippen LogP contribution in [-0.4, -0.2) is 21.4 Å². The van der Waals surface area contributed by atoms with Crippen LogP contribution in [0.2, 0.25) is 0 Å². The van der Waals surface area contributed by atoms with Gasteiger partial charge in [0.15, 0.2) is 0 Å². The molecule has 30 heavy (non-hydrogen) atoms. The Balaban J connectivity index is 3.99. The van der Waals surface area contributed by atoms with E-state index in [0.29, 0.717) is 12.8 Å². The van der Waals surface area contributed by atoms with Gasteiger partial charge in [0.25, 0.3) is 0 Å².